The molecule has 156 valence electrons. The summed E-state index contributed by atoms with van der Waals surface area (Å²) in [7, 11) is -4.12. The van der Waals surface area contributed by atoms with Gasteiger partial charge in [0.05, 0.1) is 18.2 Å². The fourth-order valence-electron chi connectivity index (χ4n) is 3.15. The number of carbonyl (C=O) groups is 1. The minimum absolute atomic E-state index is 0.0350. The van der Waals surface area contributed by atoms with E-state index in [9.17, 15) is 13.2 Å². The number of halogens is 1. The summed E-state index contributed by atoms with van der Waals surface area (Å²) in [5, 5.41) is 19.7. The molecule has 0 aliphatic rings. The van der Waals surface area contributed by atoms with E-state index in [-0.39, 0.29) is 27.1 Å². The maximum Gasteiger partial charge on any atom is 0.276 e. The molecular weight excluding hydrogens is 448 g/mol. The van der Waals surface area contributed by atoms with Crippen LogP contribution in [0.25, 0.3) is 0 Å². The highest BCUT2D eigenvalue weighted by Gasteiger charge is 2.33. The first kappa shape index (κ1) is 22.0. The molecule has 0 radical (unpaired) electrons. The fraction of sp³-hybridized carbons (Fsp3) is 0.211. The van der Waals surface area contributed by atoms with E-state index in [1.165, 1.54) is 16.3 Å². The van der Waals surface area contributed by atoms with Gasteiger partial charge in [0.25, 0.3) is 11.8 Å². The number of aromatic nitrogens is 1. The third-order valence-corrected chi connectivity index (χ3v) is 6.79. The van der Waals surface area contributed by atoms with E-state index in [0.29, 0.717) is 22.5 Å². The first-order valence-corrected chi connectivity index (χ1v) is 11.4. The maximum atomic E-state index is 13.6. The smallest absolute Gasteiger partial charge is 0.276 e. The zero-order valence-electron chi connectivity index (χ0n) is 16.3. The van der Waals surface area contributed by atoms with Gasteiger partial charge in [-0.25, -0.2) is 18.5 Å². The predicted octanol–water partition coefficient (Wildman–Crippen LogP) is 4.01. The van der Waals surface area contributed by atoms with Crippen molar-refractivity contribution in [1.29, 1.82) is 5.26 Å². The van der Waals surface area contributed by atoms with E-state index in [1.54, 1.807) is 32.9 Å². The summed E-state index contributed by atoms with van der Waals surface area (Å²) in [6, 6.07) is 6.92. The molecule has 2 heterocycles. The van der Waals surface area contributed by atoms with Gasteiger partial charge >= 0.3 is 0 Å². The highest BCUT2D eigenvalue weighted by molar-refractivity contribution is 7.89. The van der Waals surface area contributed by atoms with Gasteiger partial charge in [-0.3, -0.25) is 4.79 Å². The number of sulfonamides is 1. The van der Waals surface area contributed by atoms with Crippen molar-refractivity contribution in [2.75, 3.05) is 4.90 Å². The van der Waals surface area contributed by atoms with Gasteiger partial charge in [0.2, 0.25) is 10.0 Å². The van der Waals surface area contributed by atoms with Crippen LogP contribution >= 0.6 is 22.9 Å². The second-order valence-corrected chi connectivity index (χ2v) is 9.42. The summed E-state index contributed by atoms with van der Waals surface area (Å²) in [5.41, 5.74) is 2.96. The monoisotopic (exact) mass is 464 g/mol. The van der Waals surface area contributed by atoms with Crippen LogP contribution in [-0.2, 0) is 16.4 Å². The predicted molar refractivity (Wildman–Crippen MR) is 114 cm³/mol. The van der Waals surface area contributed by atoms with Gasteiger partial charge in [0.1, 0.15) is 20.5 Å². The van der Waals surface area contributed by atoms with Crippen LogP contribution in [0, 0.1) is 32.1 Å². The number of primary sulfonamides is 1. The first-order chi connectivity index (χ1) is 14.1. The molecule has 3 aromatic rings. The number of nitriles is 1. The van der Waals surface area contributed by atoms with E-state index in [1.807, 2.05) is 0 Å². The number of amides is 1. The number of hydrogen-bond donors (Lipinski definition) is 1. The first-order valence-electron chi connectivity index (χ1n) is 8.59. The lowest BCUT2D eigenvalue weighted by molar-refractivity contribution is 0.0995. The third-order valence-electron chi connectivity index (χ3n) is 4.37. The van der Waals surface area contributed by atoms with Crippen molar-refractivity contribution in [3.63, 3.8) is 0 Å². The van der Waals surface area contributed by atoms with Crippen LogP contribution in [-0.4, -0.2) is 19.5 Å². The van der Waals surface area contributed by atoms with Crippen molar-refractivity contribution < 1.29 is 17.7 Å². The van der Waals surface area contributed by atoms with Gasteiger partial charge in [-0.1, -0.05) is 28.9 Å². The van der Waals surface area contributed by atoms with Crippen molar-refractivity contribution in [2.45, 2.75) is 32.1 Å². The second kappa shape index (κ2) is 8.20. The number of benzene rings is 1. The van der Waals surface area contributed by atoms with E-state index < -0.39 is 15.9 Å². The number of nitrogens with zero attached hydrogens (tertiary/aromatic N) is 3. The maximum absolute atomic E-state index is 13.6. The molecule has 0 bridgehead atoms. The van der Waals surface area contributed by atoms with Crippen molar-refractivity contribution >= 4 is 50.4 Å². The average Bonchev–Trinajstić information content (AvgIpc) is 3.26. The van der Waals surface area contributed by atoms with E-state index >= 15 is 0 Å². The summed E-state index contributed by atoms with van der Waals surface area (Å²) >= 11 is 7.28. The number of rotatable bonds is 5. The van der Waals surface area contributed by atoms with Crippen LogP contribution in [0.15, 0.2) is 33.0 Å². The zero-order chi connectivity index (χ0) is 22.2. The Morgan fingerprint density at radius 2 is 1.97 bits per heavy atom. The number of carbonyl (C=O) groups excluding carboxylic acids is 1. The Labute approximate surface area is 182 Å². The molecule has 0 fully saturated rings. The van der Waals surface area contributed by atoms with Gasteiger partial charge in [-0.15, -0.1) is 11.3 Å². The quantitative estimate of drug-likeness (QED) is 0.607. The third kappa shape index (κ3) is 3.97. The average molecular weight is 465 g/mol. The molecule has 8 nitrogen and oxygen atoms in total. The van der Waals surface area contributed by atoms with Crippen LogP contribution in [0.1, 0.15) is 32.1 Å². The highest BCUT2D eigenvalue weighted by atomic mass is 35.5. The Hall–Kier alpha value is -2.71. The molecule has 3 rings (SSSR count). The SMILES string of the molecule is Cc1cc(CC#N)cc(C)c1N(C(=O)c1sccc1S(N)(=O)=O)c1onc(C)c1Cl. The molecule has 0 atom stereocenters. The van der Waals surface area contributed by atoms with Gasteiger partial charge < -0.3 is 4.52 Å². The molecule has 0 unspecified atom stereocenters. The molecule has 1 aromatic carbocycles. The molecule has 0 spiro atoms. The normalized spacial score (nSPS) is 11.3. The summed E-state index contributed by atoms with van der Waals surface area (Å²) in [6.45, 7) is 5.17. The minimum atomic E-state index is -4.12. The molecule has 2 N–H and O–H groups in total. The van der Waals surface area contributed by atoms with Gasteiger partial charge in [0.15, 0.2) is 0 Å². The number of nitrogens with two attached hydrogens (primary N) is 1. The molecule has 11 heteroatoms. The van der Waals surface area contributed by atoms with Gasteiger partial charge in [0, 0.05) is 0 Å². The van der Waals surface area contributed by atoms with E-state index in [4.69, 9.17) is 26.5 Å². The van der Waals surface area contributed by atoms with Crippen LogP contribution in [0.2, 0.25) is 5.02 Å². The van der Waals surface area contributed by atoms with Gasteiger partial charge in [-0.2, -0.15) is 5.26 Å². The topological polar surface area (TPSA) is 130 Å². The Morgan fingerprint density at radius 1 is 1.33 bits per heavy atom. The largest absolute Gasteiger partial charge is 0.336 e. The molecule has 0 saturated heterocycles. The van der Waals surface area contributed by atoms with E-state index in [0.717, 1.165) is 16.9 Å². The summed E-state index contributed by atoms with van der Waals surface area (Å²) in [5.74, 6) is -0.710. The lowest BCUT2D eigenvalue weighted by atomic mass is 10.0. The molecule has 30 heavy (non-hydrogen) atoms. The molecule has 2 aromatic heterocycles. The lowest BCUT2D eigenvalue weighted by Crippen LogP contribution is -2.28. The van der Waals surface area contributed by atoms with Crippen molar-refractivity contribution in [2.24, 2.45) is 5.14 Å². The molecule has 0 saturated carbocycles. The van der Waals surface area contributed by atoms with Crippen LogP contribution in [0.5, 0.6) is 0 Å². The molecule has 0 aliphatic heterocycles. The van der Waals surface area contributed by atoms with Gasteiger partial charge in [-0.05, 0) is 48.9 Å². The van der Waals surface area contributed by atoms with Crippen LogP contribution < -0.4 is 10.0 Å². The second-order valence-electron chi connectivity index (χ2n) is 6.60. The molecular formula is C19H17ClN4O4S2. The lowest BCUT2D eigenvalue weighted by Gasteiger charge is -2.24. The van der Waals surface area contributed by atoms with Crippen molar-refractivity contribution in [1.82, 2.24) is 5.16 Å². The fourth-order valence-corrected chi connectivity index (χ4v) is 5.20. The van der Waals surface area contributed by atoms with Crippen molar-refractivity contribution in [3.8, 4) is 6.07 Å². The number of thiophene rings is 1. The summed E-state index contributed by atoms with van der Waals surface area (Å²) in [6.07, 6.45) is 0.207. The number of aryl methyl sites for hydroxylation is 3. The van der Waals surface area contributed by atoms with Crippen molar-refractivity contribution in [3.05, 3.63) is 55.9 Å². The Morgan fingerprint density at radius 3 is 2.47 bits per heavy atom. The van der Waals surface area contributed by atoms with Crippen LogP contribution in [0.4, 0.5) is 11.6 Å². The van der Waals surface area contributed by atoms with Crippen LogP contribution in [0.3, 0.4) is 0 Å². The summed E-state index contributed by atoms with van der Waals surface area (Å²) in [4.78, 5) is 14.4. The number of anilines is 2. The summed E-state index contributed by atoms with van der Waals surface area (Å²) < 4.78 is 29.3. The minimum Gasteiger partial charge on any atom is -0.336 e. The zero-order valence-corrected chi connectivity index (χ0v) is 18.7. The highest BCUT2D eigenvalue weighted by Crippen LogP contribution is 2.40. The Kier molecular flexibility index (Phi) is 6.01. The van der Waals surface area contributed by atoms with E-state index in [2.05, 4.69) is 11.2 Å². The number of hydrogen-bond acceptors (Lipinski definition) is 7. The Balaban J connectivity index is 2.27. The Bertz CT molecular complexity index is 1270. The molecule has 0 aliphatic carbocycles. The standard InChI is InChI=1S/C19H17ClN4O4S2/c1-10-8-13(4-6-21)9-11(2)16(10)24(19-15(20)12(3)23-28-19)18(25)17-14(5-7-29-17)30(22,26)27/h5,7-9H,4H2,1-3H3,(H2,22,26,27). The molecule has 1 amide bonds.